The van der Waals surface area contributed by atoms with Crippen LogP contribution in [0.5, 0.6) is 0 Å². The van der Waals surface area contributed by atoms with Crippen molar-refractivity contribution in [2.75, 3.05) is 5.73 Å². The number of amides is 1. The molecule has 1 rings (SSSR count). The molecule has 1 aromatic carbocycles. The molecule has 0 heterocycles. The quantitative estimate of drug-likeness (QED) is 0.221. The molecule has 0 aliphatic carbocycles. The number of nitrogens with one attached hydrogen (secondary N) is 1. The van der Waals surface area contributed by atoms with Crippen LogP contribution in [0.25, 0.3) is 0 Å². The summed E-state index contributed by atoms with van der Waals surface area (Å²) in [6.07, 6.45) is 0. The molecule has 74 valence electrons. The first-order valence-electron chi connectivity index (χ1n) is 3.70. The summed E-state index contributed by atoms with van der Waals surface area (Å²) in [6, 6.07) is 3.82. The molecule has 0 aromatic heterocycles. The number of carbonyl (C=O) groups excluding carboxylic acids is 1. The average Bonchev–Trinajstić information content (AvgIpc) is 2.17. The van der Waals surface area contributed by atoms with Crippen LogP contribution in [0.1, 0.15) is 20.7 Å². The number of hydrogen-bond donors (Lipinski definition) is 4. The Bertz CT molecular complexity index is 389. The van der Waals surface area contributed by atoms with Gasteiger partial charge in [-0.25, -0.2) is 10.6 Å². The average molecular weight is 195 g/mol. The lowest BCUT2D eigenvalue weighted by molar-refractivity contribution is 0.0697. The van der Waals surface area contributed by atoms with Gasteiger partial charge in [-0.15, -0.1) is 0 Å². The summed E-state index contributed by atoms with van der Waals surface area (Å²) in [4.78, 5) is 21.7. The lowest BCUT2D eigenvalue weighted by Gasteiger charge is -2.04. The van der Waals surface area contributed by atoms with Crippen molar-refractivity contribution in [2.24, 2.45) is 5.84 Å². The summed E-state index contributed by atoms with van der Waals surface area (Å²) in [5.74, 6) is 3.15. The van der Waals surface area contributed by atoms with Crippen LogP contribution in [-0.2, 0) is 0 Å². The third kappa shape index (κ3) is 1.80. The van der Waals surface area contributed by atoms with Crippen molar-refractivity contribution in [3.8, 4) is 0 Å². The molecule has 0 unspecified atom stereocenters. The van der Waals surface area contributed by atoms with Gasteiger partial charge < -0.3 is 10.8 Å². The fraction of sp³-hybridized carbons (Fsp3) is 0. The molecular weight excluding hydrogens is 186 g/mol. The smallest absolute Gasteiger partial charge is 0.335 e. The molecule has 0 saturated heterocycles. The lowest BCUT2D eigenvalue weighted by atomic mass is 10.1. The summed E-state index contributed by atoms with van der Waals surface area (Å²) < 4.78 is 0. The number of carboxylic acids is 1. The van der Waals surface area contributed by atoms with Crippen LogP contribution >= 0.6 is 0 Å². The molecule has 0 saturated carbocycles. The van der Waals surface area contributed by atoms with Gasteiger partial charge in [0.1, 0.15) is 0 Å². The number of anilines is 1. The van der Waals surface area contributed by atoms with E-state index >= 15 is 0 Å². The van der Waals surface area contributed by atoms with Gasteiger partial charge in [-0.2, -0.15) is 0 Å². The highest BCUT2D eigenvalue weighted by Gasteiger charge is 2.11. The van der Waals surface area contributed by atoms with Crippen LogP contribution in [0.2, 0.25) is 0 Å². The van der Waals surface area contributed by atoms with Crippen LogP contribution in [0, 0.1) is 0 Å². The minimum Gasteiger partial charge on any atom is -0.478 e. The van der Waals surface area contributed by atoms with Gasteiger partial charge in [-0.3, -0.25) is 10.2 Å². The van der Waals surface area contributed by atoms with Gasteiger partial charge in [0.05, 0.1) is 11.1 Å². The third-order valence-electron chi connectivity index (χ3n) is 1.68. The van der Waals surface area contributed by atoms with E-state index in [9.17, 15) is 9.59 Å². The number of nitrogen functional groups attached to an aromatic ring is 2. The van der Waals surface area contributed by atoms with E-state index in [1.807, 2.05) is 5.43 Å². The van der Waals surface area contributed by atoms with Crippen molar-refractivity contribution in [1.29, 1.82) is 0 Å². The Labute approximate surface area is 79.5 Å². The van der Waals surface area contributed by atoms with Crippen molar-refractivity contribution in [1.82, 2.24) is 5.43 Å². The molecular formula is C8H9N3O3. The van der Waals surface area contributed by atoms with E-state index in [0.717, 1.165) is 0 Å². The predicted octanol–water partition coefficient (Wildman–Crippen LogP) is -0.430. The highest BCUT2D eigenvalue weighted by Crippen LogP contribution is 2.13. The van der Waals surface area contributed by atoms with E-state index in [1.54, 1.807) is 0 Å². The van der Waals surface area contributed by atoms with Gasteiger partial charge in [0.15, 0.2) is 0 Å². The minimum atomic E-state index is -1.13. The molecule has 0 fully saturated rings. The highest BCUT2D eigenvalue weighted by atomic mass is 16.4. The highest BCUT2D eigenvalue weighted by molar-refractivity contribution is 6.01. The van der Waals surface area contributed by atoms with Crippen molar-refractivity contribution in [3.05, 3.63) is 29.3 Å². The van der Waals surface area contributed by atoms with Gasteiger partial charge in [0, 0.05) is 5.69 Å². The molecule has 1 amide bonds. The first-order valence-corrected chi connectivity index (χ1v) is 3.70. The predicted molar refractivity (Wildman–Crippen MR) is 49.5 cm³/mol. The van der Waals surface area contributed by atoms with E-state index in [0.29, 0.717) is 0 Å². The third-order valence-corrected chi connectivity index (χ3v) is 1.68. The largest absolute Gasteiger partial charge is 0.478 e. The zero-order chi connectivity index (χ0) is 10.7. The second kappa shape index (κ2) is 3.75. The number of nitrogens with two attached hydrogens (primary N) is 2. The Morgan fingerprint density at radius 1 is 1.36 bits per heavy atom. The summed E-state index contributed by atoms with van der Waals surface area (Å²) in [7, 11) is 0. The fourth-order valence-corrected chi connectivity index (χ4v) is 0.964. The number of benzene rings is 1. The number of rotatable bonds is 2. The fourth-order valence-electron chi connectivity index (χ4n) is 0.964. The number of carboxylic acid groups (broad SMARTS) is 1. The number of hydrogen-bond acceptors (Lipinski definition) is 4. The first kappa shape index (κ1) is 10.0. The summed E-state index contributed by atoms with van der Waals surface area (Å²) >= 11 is 0. The van der Waals surface area contributed by atoms with Crippen LogP contribution in [0.3, 0.4) is 0 Å². The van der Waals surface area contributed by atoms with Crippen LogP contribution in [0.15, 0.2) is 18.2 Å². The zero-order valence-electron chi connectivity index (χ0n) is 7.15. The van der Waals surface area contributed by atoms with Crippen LogP contribution < -0.4 is 17.0 Å². The van der Waals surface area contributed by atoms with Gasteiger partial charge in [-0.05, 0) is 18.2 Å². The molecule has 0 aliphatic heterocycles. The normalized spacial score (nSPS) is 9.50. The maximum atomic E-state index is 11.1. The van der Waals surface area contributed by atoms with Gasteiger partial charge in [0.25, 0.3) is 5.91 Å². The Balaban J connectivity index is 3.21. The lowest BCUT2D eigenvalue weighted by Crippen LogP contribution is -2.30. The molecule has 0 bridgehead atoms. The monoisotopic (exact) mass is 195 g/mol. The minimum absolute atomic E-state index is 0.0159. The SMILES string of the molecule is NNC(=O)c1cc(C(=O)O)ccc1N. The standard InChI is InChI=1S/C8H9N3O3/c9-6-2-1-4(8(13)14)3-5(6)7(12)11-10/h1-3H,9-10H2,(H,11,12)(H,13,14). The zero-order valence-corrected chi connectivity index (χ0v) is 7.15. The Kier molecular flexibility index (Phi) is 2.68. The molecule has 6 N–H and O–H groups in total. The van der Waals surface area contributed by atoms with Gasteiger partial charge in [0.2, 0.25) is 0 Å². The second-order valence-corrected chi connectivity index (χ2v) is 2.58. The molecule has 0 spiro atoms. The molecule has 1 aromatic rings. The molecule has 6 heteroatoms. The van der Waals surface area contributed by atoms with E-state index in [2.05, 4.69) is 0 Å². The van der Waals surface area contributed by atoms with Crippen molar-refractivity contribution < 1.29 is 14.7 Å². The maximum Gasteiger partial charge on any atom is 0.335 e. The summed E-state index contributed by atoms with van der Waals surface area (Å²) in [6.45, 7) is 0. The van der Waals surface area contributed by atoms with E-state index in [1.165, 1.54) is 18.2 Å². The van der Waals surface area contributed by atoms with Gasteiger partial charge >= 0.3 is 5.97 Å². The van der Waals surface area contributed by atoms with Crippen molar-refractivity contribution >= 4 is 17.6 Å². The Morgan fingerprint density at radius 2 is 2.00 bits per heavy atom. The number of aromatic carboxylic acids is 1. The maximum absolute atomic E-state index is 11.1. The molecule has 14 heavy (non-hydrogen) atoms. The van der Waals surface area contributed by atoms with Crippen LogP contribution in [0.4, 0.5) is 5.69 Å². The van der Waals surface area contributed by atoms with E-state index < -0.39 is 11.9 Å². The molecule has 0 atom stereocenters. The number of hydrazine groups is 1. The summed E-state index contributed by atoms with van der Waals surface area (Å²) in [5.41, 5.74) is 7.54. The number of carbonyl (C=O) groups is 2. The van der Waals surface area contributed by atoms with E-state index in [-0.39, 0.29) is 16.8 Å². The Hall–Kier alpha value is -2.08. The second-order valence-electron chi connectivity index (χ2n) is 2.58. The van der Waals surface area contributed by atoms with Crippen molar-refractivity contribution in [2.45, 2.75) is 0 Å². The van der Waals surface area contributed by atoms with E-state index in [4.69, 9.17) is 16.7 Å². The Morgan fingerprint density at radius 3 is 2.50 bits per heavy atom. The first-order chi connectivity index (χ1) is 6.56. The molecule has 0 aliphatic rings. The van der Waals surface area contributed by atoms with Gasteiger partial charge in [-0.1, -0.05) is 0 Å². The van der Waals surface area contributed by atoms with Crippen LogP contribution in [-0.4, -0.2) is 17.0 Å². The molecule has 0 radical (unpaired) electrons. The van der Waals surface area contributed by atoms with Crippen molar-refractivity contribution in [3.63, 3.8) is 0 Å². The summed E-state index contributed by atoms with van der Waals surface area (Å²) in [5, 5.41) is 8.65. The topological polar surface area (TPSA) is 118 Å². The molecule has 6 nitrogen and oxygen atoms in total.